The average molecular weight is 257 g/mol. The Morgan fingerprint density at radius 3 is 2.68 bits per heavy atom. The van der Waals surface area contributed by atoms with Crippen LogP contribution in [0.5, 0.6) is 11.5 Å². The van der Waals surface area contributed by atoms with E-state index in [2.05, 4.69) is 22.3 Å². The van der Waals surface area contributed by atoms with Crippen LogP contribution in [0.1, 0.15) is 30.5 Å². The third-order valence-corrected chi connectivity index (χ3v) is 4.25. The van der Waals surface area contributed by atoms with Crippen LogP contribution in [0.4, 0.5) is 5.82 Å². The van der Waals surface area contributed by atoms with Gasteiger partial charge in [0.1, 0.15) is 5.82 Å². The Labute approximate surface area is 110 Å². The Hall–Kier alpha value is -2.17. The molecule has 1 aliphatic heterocycles. The smallest absolute Gasteiger partial charge is 0.231 e. The van der Waals surface area contributed by atoms with Crippen LogP contribution in [-0.2, 0) is 5.41 Å². The van der Waals surface area contributed by atoms with Gasteiger partial charge in [-0.25, -0.2) is 0 Å². The Morgan fingerprint density at radius 2 is 2.00 bits per heavy atom. The molecular weight excluding hydrogens is 242 g/mol. The lowest BCUT2D eigenvalue weighted by Crippen LogP contribution is -2.35. The van der Waals surface area contributed by atoms with Gasteiger partial charge in [-0.2, -0.15) is 5.10 Å². The molecular formula is C14H15N3O2. The molecule has 5 heteroatoms. The molecule has 0 saturated heterocycles. The standard InChI is InChI=1S/C14H15N3O2/c15-13-7-12(16-17-13)14(4-1-5-14)9-2-3-10-11(6-9)19-8-18-10/h2-3,6-7H,1,4-5,8H2,(H3,15,16,17). The number of hydrogen-bond donors (Lipinski definition) is 2. The van der Waals surface area contributed by atoms with Crippen molar-refractivity contribution in [2.45, 2.75) is 24.7 Å². The first-order valence-corrected chi connectivity index (χ1v) is 6.49. The molecule has 4 rings (SSSR count). The highest BCUT2D eigenvalue weighted by Gasteiger charge is 2.42. The van der Waals surface area contributed by atoms with E-state index in [0.29, 0.717) is 12.6 Å². The molecule has 2 heterocycles. The number of anilines is 1. The van der Waals surface area contributed by atoms with Crippen LogP contribution >= 0.6 is 0 Å². The van der Waals surface area contributed by atoms with Crippen LogP contribution in [0.2, 0.25) is 0 Å². The van der Waals surface area contributed by atoms with Crippen molar-refractivity contribution < 1.29 is 9.47 Å². The van der Waals surface area contributed by atoms with E-state index in [4.69, 9.17) is 15.2 Å². The number of rotatable bonds is 2. The van der Waals surface area contributed by atoms with Gasteiger partial charge in [-0.3, -0.25) is 5.10 Å². The number of nitrogens with one attached hydrogen (secondary N) is 1. The van der Waals surface area contributed by atoms with Crippen molar-refractivity contribution in [3.63, 3.8) is 0 Å². The van der Waals surface area contributed by atoms with E-state index < -0.39 is 0 Å². The predicted molar refractivity (Wildman–Crippen MR) is 70.2 cm³/mol. The fraction of sp³-hybridized carbons (Fsp3) is 0.357. The zero-order valence-electron chi connectivity index (χ0n) is 10.5. The van der Waals surface area contributed by atoms with E-state index in [-0.39, 0.29) is 5.41 Å². The number of fused-ring (bicyclic) bond motifs is 1. The molecule has 2 aromatic rings. The molecule has 5 nitrogen and oxygen atoms in total. The zero-order chi connectivity index (χ0) is 12.9. The van der Waals surface area contributed by atoms with Gasteiger partial charge in [0.2, 0.25) is 6.79 Å². The molecule has 0 radical (unpaired) electrons. The molecule has 3 N–H and O–H groups in total. The van der Waals surface area contributed by atoms with Crippen LogP contribution in [0, 0.1) is 0 Å². The second-order valence-electron chi connectivity index (χ2n) is 5.21. The first kappa shape index (κ1) is 10.7. The van der Waals surface area contributed by atoms with Crippen molar-refractivity contribution in [2.75, 3.05) is 12.5 Å². The first-order chi connectivity index (χ1) is 9.28. The summed E-state index contributed by atoms with van der Waals surface area (Å²) in [5.74, 6) is 2.20. The molecule has 1 aromatic heterocycles. The quantitative estimate of drug-likeness (QED) is 0.865. The molecule has 0 spiro atoms. The average Bonchev–Trinajstić information content (AvgIpc) is 2.96. The van der Waals surface area contributed by atoms with Gasteiger partial charge in [0, 0.05) is 17.2 Å². The van der Waals surface area contributed by atoms with Crippen LogP contribution in [0.3, 0.4) is 0 Å². The van der Waals surface area contributed by atoms with E-state index in [9.17, 15) is 0 Å². The van der Waals surface area contributed by atoms with E-state index in [1.54, 1.807) is 0 Å². The Balaban J connectivity index is 1.80. The fourth-order valence-electron chi connectivity index (χ4n) is 3.02. The Morgan fingerprint density at radius 1 is 1.16 bits per heavy atom. The molecule has 0 bridgehead atoms. The minimum Gasteiger partial charge on any atom is -0.454 e. The SMILES string of the molecule is Nc1cc(C2(c3ccc4c(c3)OCO4)CCC2)[nH]n1. The van der Waals surface area contributed by atoms with Crippen molar-refractivity contribution >= 4 is 5.82 Å². The van der Waals surface area contributed by atoms with Crippen molar-refractivity contribution in [1.29, 1.82) is 0 Å². The fourth-order valence-corrected chi connectivity index (χ4v) is 3.02. The largest absolute Gasteiger partial charge is 0.454 e. The van der Waals surface area contributed by atoms with Crippen LogP contribution in [0.15, 0.2) is 24.3 Å². The van der Waals surface area contributed by atoms with Crippen LogP contribution < -0.4 is 15.2 Å². The molecule has 19 heavy (non-hydrogen) atoms. The molecule has 0 amide bonds. The third-order valence-electron chi connectivity index (χ3n) is 4.25. The number of aromatic amines is 1. The van der Waals surface area contributed by atoms with Gasteiger partial charge < -0.3 is 15.2 Å². The lowest BCUT2D eigenvalue weighted by Gasteiger charge is -2.41. The Kier molecular flexibility index (Phi) is 2.07. The van der Waals surface area contributed by atoms with Gasteiger partial charge in [0.25, 0.3) is 0 Å². The molecule has 1 fully saturated rings. The van der Waals surface area contributed by atoms with E-state index in [1.807, 2.05) is 12.1 Å². The summed E-state index contributed by atoms with van der Waals surface area (Å²) in [6.45, 7) is 0.308. The monoisotopic (exact) mass is 257 g/mol. The minimum absolute atomic E-state index is 0.00556. The molecule has 0 unspecified atom stereocenters. The number of nitrogens with zero attached hydrogens (tertiary/aromatic N) is 1. The number of ether oxygens (including phenoxy) is 2. The normalized spacial score (nSPS) is 19.2. The highest BCUT2D eigenvalue weighted by Crippen LogP contribution is 2.50. The number of hydrogen-bond acceptors (Lipinski definition) is 4. The predicted octanol–water partition coefficient (Wildman–Crippen LogP) is 2.19. The van der Waals surface area contributed by atoms with Gasteiger partial charge in [-0.05, 0) is 30.5 Å². The van der Waals surface area contributed by atoms with Crippen molar-refractivity contribution in [3.05, 3.63) is 35.5 Å². The topological polar surface area (TPSA) is 73.2 Å². The zero-order valence-corrected chi connectivity index (χ0v) is 10.5. The maximum atomic E-state index is 5.74. The van der Waals surface area contributed by atoms with Gasteiger partial charge in [0.05, 0.1) is 0 Å². The summed E-state index contributed by atoms with van der Waals surface area (Å²) >= 11 is 0. The number of nitrogen functional groups attached to an aromatic ring is 1. The molecule has 2 aliphatic rings. The number of aromatic nitrogens is 2. The molecule has 1 aliphatic carbocycles. The maximum Gasteiger partial charge on any atom is 0.231 e. The summed E-state index contributed by atoms with van der Waals surface area (Å²) in [6.07, 6.45) is 3.43. The summed E-state index contributed by atoms with van der Waals surface area (Å²) < 4.78 is 10.8. The summed E-state index contributed by atoms with van der Waals surface area (Å²) in [5, 5.41) is 7.13. The van der Waals surface area contributed by atoms with Gasteiger partial charge >= 0.3 is 0 Å². The summed E-state index contributed by atoms with van der Waals surface area (Å²) in [5.41, 5.74) is 8.08. The molecule has 0 atom stereocenters. The second kappa shape index (κ2) is 3.66. The van der Waals surface area contributed by atoms with Crippen molar-refractivity contribution in [3.8, 4) is 11.5 Å². The third kappa shape index (κ3) is 1.44. The summed E-state index contributed by atoms with van der Waals surface area (Å²) in [7, 11) is 0. The molecule has 98 valence electrons. The summed E-state index contributed by atoms with van der Waals surface area (Å²) in [4.78, 5) is 0. The second-order valence-corrected chi connectivity index (χ2v) is 5.21. The number of H-pyrrole nitrogens is 1. The van der Waals surface area contributed by atoms with Gasteiger partial charge in [-0.15, -0.1) is 0 Å². The van der Waals surface area contributed by atoms with Gasteiger partial charge in [0.15, 0.2) is 11.5 Å². The molecule has 1 aromatic carbocycles. The van der Waals surface area contributed by atoms with Crippen LogP contribution in [0.25, 0.3) is 0 Å². The molecule has 1 saturated carbocycles. The van der Waals surface area contributed by atoms with Crippen molar-refractivity contribution in [2.24, 2.45) is 0 Å². The first-order valence-electron chi connectivity index (χ1n) is 6.49. The number of nitrogens with two attached hydrogens (primary N) is 1. The van der Waals surface area contributed by atoms with E-state index in [0.717, 1.165) is 30.0 Å². The highest BCUT2D eigenvalue weighted by atomic mass is 16.7. The van der Waals surface area contributed by atoms with Gasteiger partial charge in [-0.1, -0.05) is 12.5 Å². The highest BCUT2D eigenvalue weighted by molar-refractivity contribution is 5.50. The van der Waals surface area contributed by atoms with E-state index in [1.165, 1.54) is 12.0 Å². The lowest BCUT2D eigenvalue weighted by molar-refractivity contribution is 0.173. The number of benzene rings is 1. The maximum absolute atomic E-state index is 5.74. The van der Waals surface area contributed by atoms with Crippen molar-refractivity contribution in [1.82, 2.24) is 10.2 Å². The Bertz CT molecular complexity index is 631. The minimum atomic E-state index is 0.00556. The van der Waals surface area contributed by atoms with E-state index >= 15 is 0 Å². The lowest BCUT2D eigenvalue weighted by atomic mass is 9.62. The summed E-state index contributed by atoms with van der Waals surface area (Å²) in [6, 6.07) is 8.11. The van der Waals surface area contributed by atoms with Crippen LogP contribution in [-0.4, -0.2) is 17.0 Å².